The summed E-state index contributed by atoms with van der Waals surface area (Å²) in [6.07, 6.45) is -0.830. The summed E-state index contributed by atoms with van der Waals surface area (Å²) in [5, 5.41) is 0. The lowest BCUT2D eigenvalue weighted by molar-refractivity contribution is -0.341. The maximum Gasteiger partial charge on any atom is 0.535 e. The van der Waals surface area contributed by atoms with E-state index in [1.165, 1.54) is 12.2 Å². The Kier molecular flexibility index (Phi) is 1.69. The number of carbonyl (C=O) groups is 1. The molecule has 0 N–H and O–H groups in total. The summed E-state index contributed by atoms with van der Waals surface area (Å²) in [6.45, 7) is 0. The predicted octanol–water partition coefficient (Wildman–Crippen LogP) is 1.36. The second-order valence-corrected chi connectivity index (χ2v) is 2.80. The molecule has 3 nitrogen and oxygen atoms in total. The molecular formula is C8H6F2O3. The minimum absolute atomic E-state index is 0.0793. The van der Waals surface area contributed by atoms with E-state index in [1.54, 1.807) is 0 Å². The zero-order chi connectivity index (χ0) is 9.47. The third-order valence-corrected chi connectivity index (χ3v) is 1.87. The number of hydrogen-bond donors (Lipinski definition) is 0. The van der Waals surface area contributed by atoms with Crippen molar-refractivity contribution in [2.24, 2.45) is 0 Å². The van der Waals surface area contributed by atoms with Crippen molar-refractivity contribution in [1.29, 1.82) is 0 Å². The third kappa shape index (κ3) is 1.47. The van der Waals surface area contributed by atoms with Gasteiger partial charge in [0, 0.05) is 6.42 Å². The van der Waals surface area contributed by atoms with Crippen molar-refractivity contribution >= 4 is 6.29 Å². The van der Waals surface area contributed by atoms with Crippen molar-refractivity contribution in [2.45, 2.75) is 18.8 Å². The molecule has 0 saturated carbocycles. The lowest BCUT2D eigenvalue weighted by atomic mass is 10.0. The van der Waals surface area contributed by atoms with Crippen LogP contribution >= 0.6 is 0 Å². The highest BCUT2D eigenvalue weighted by Crippen LogP contribution is 2.38. The van der Waals surface area contributed by atoms with Crippen LogP contribution in [-0.2, 0) is 14.3 Å². The van der Waals surface area contributed by atoms with E-state index in [-0.39, 0.29) is 12.2 Å². The number of alkyl halides is 2. The molecule has 0 spiro atoms. The Morgan fingerprint density at radius 1 is 1.54 bits per heavy atom. The molecule has 1 aliphatic heterocycles. The molecule has 0 amide bonds. The minimum atomic E-state index is -3.55. The SMILES string of the molecule is O=CC1=CC=C2OC(F)(F)OC2C1. The zero-order valence-electron chi connectivity index (χ0n) is 6.50. The van der Waals surface area contributed by atoms with Crippen molar-refractivity contribution in [3.05, 3.63) is 23.5 Å². The molecule has 70 valence electrons. The molecule has 1 unspecified atom stereocenters. The average Bonchev–Trinajstić information content (AvgIpc) is 2.36. The van der Waals surface area contributed by atoms with Crippen LogP contribution in [0.1, 0.15) is 6.42 Å². The molecule has 1 heterocycles. The fraction of sp³-hybridized carbons (Fsp3) is 0.375. The monoisotopic (exact) mass is 188 g/mol. The van der Waals surface area contributed by atoms with Gasteiger partial charge in [-0.15, -0.1) is 8.78 Å². The van der Waals surface area contributed by atoms with Gasteiger partial charge in [-0.2, -0.15) is 0 Å². The molecule has 2 aliphatic rings. The number of aldehydes is 1. The first kappa shape index (κ1) is 8.37. The number of carbonyl (C=O) groups excluding carboxylic acids is 1. The molecular weight excluding hydrogens is 182 g/mol. The van der Waals surface area contributed by atoms with Crippen LogP contribution in [0.4, 0.5) is 8.78 Å². The average molecular weight is 188 g/mol. The predicted molar refractivity (Wildman–Crippen MR) is 37.8 cm³/mol. The first-order chi connectivity index (χ1) is 6.11. The highest BCUT2D eigenvalue weighted by Gasteiger charge is 2.48. The van der Waals surface area contributed by atoms with Gasteiger partial charge in [-0.1, -0.05) is 6.08 Å². The summed E-state index contributed by atoms with van der Waals surface area (Å²) < 4.78 is 33.4. The molecule has 0 aromatic heterocycles. The standard InChI is InChI=1S/C8H6F2O3/c9-8(10)12-6-2-1-5(4-11)3-7(6)13-8/h1-2,4,7H,3H2. The molecule has 0 aromatic carbocycles. The van der Waals surface area contributed by atoms with Gasteiger partial charge in [0.25, 0.3) is 0 Å². The number of allylic oxidation sites excluding steroid dienone is 2. The molecule has 0 aromatic rings. The molecule has 2 rings (SSSR count). The second kappa shape index (κ2) is 2.63. The van der Waals surface area contributed by atoms with Crippen LogP contribution in [-0.4, -0.2) is 18.7 Å². The molecule has 1 fully saturated rings. The largest absolute Gasteiger partial charge is 0.535 e. The van der Waals surface area contributed by atoms with Crippen molar-refractivity contribution < 1.29 is 23.0 Å². The van der Waals surface area contributed by atoms with Gasteiger partial charge in [-0.25, -0.2) is 0 Å². The molecule has 1 saturated heterocycles. The fourth-order valence-electron chi connectivity index (χ4n) is 1.29. The van der Waals surface area contributed by atoms with Gasteiger partial charge >= 0.3 is 6.29 Å². The second-order valence-electron chi connectivity index (χ2n) is 2.80. The quantitative estimate of drug-likeness (QED) is 0.583. The Hall–Kier alpha value is -1.23. The van der Waals surface area contributed by atoms with Crippen LogP contribution in [0.25, 0.3) is 0 Å². The van der Waals surface area contributed by atoms with Gasteiger partial charge in [-0.3, -0.25) is 9.53 Å². The van der Waals surface area contributed by atoms with E-state index in [0.29, 0.717) is 11.9 Å². The summed E-state index contributed by atoms with van der Waals surface area (Å²) in [7, 11) is 0. The van der Waals surface area contributed by atoms with Crippen molar-refractivity contribution in [3.8, 4) is 0 Å². The van der Waals surface area contributed by atoms with Crippen LogP contribution in [0.3, 0.4) is 0 Å². The molecule has 0 radical (unpaired) electrons. The molecule has 5 heteroatoms. The van der Waals surface area contributed by atoms with Crippen molar-refractivity contribution in [3.63, 3.8) is 0 Å². The first-order valence-electron chi connectivity index (χ1n) is 3.71. The summed E-state index contributed by atoms with van der Waals surface area (Å²) in [4.78, 5) is 10.3. The van der Waals surface area contributed by atoms with Crippen molar-refractivity contribution in [1.82, 2.24) is 0 Å². The summed E-state index contributed by atoms with van der Waals surface area (Å²) in [5.74, 6) is 0.0793. The highest BCUT2D eigenvalue weighted by atomic mass is 19.3. The number of ether oxygens (including phenoxy) is 2. The normalized spacial score (nSPS) is 29.8. The van der Waals surface area contributed by atoms with E-state index >= 15 is 0 Å². The van der Waals surface area contributed by atoms with Gasteiger partial charge < -0.3 is 4.74 Å². The maximum atomic E-state index is 12.5. The fourth-order valence-corrected chi connectivity index (χ4v) is 1.29. The number of halogens is 2. The topological polar surface area (TPSA) is 35.5 Å². The molecule has 0 bridgehead atoms. The van der Waals surface area contributed by atoms with Gasteiger partial charge in [0.15, 0.2) is 0 Å². The maximum absolute atomic E-state index is 12.5. The van der Waals surface area contributed by atoms with E-state index in [2.05, 4.69) is 9.47 Å². The lowest BCUT2D eigenvalue weighted by Crippen LogP contribution is -2.18. The van der Waals surface area contributed by atoms with Crippen LogP contribution in [0, 0.1) is 0 Å². The van der Waals surface area contributed by atoms with Gasteiger partial charge in [0.05, 0.1) is 0 Å². The molecule has 1 aliphatic carbocycles. The Labute approximate surface area is 72.6 Å². The van der Waals surface area contributed by atoms with Crippen molar-refractivity contribution in [2.75, 3.05) is 0 Å². The van der Waals surface area contributed by atoms with E-state index in [0.717, 1.165) is 0 Å². The number of rotatable bonds is 1. The number of hydrogen-bond acceptors (Lipinski definition) is 3. The zero-order valence-corrected chi connectivity index (χ0v) is 6.50. The van der Waals surface area contributed by atoms with Gasteiger partial charge in [-0.05, 0) is 11.6 Å². The first-order valence-corrected chi connectivity index (χ1v) is 3.71. The van der Waals surface area contributed by atoms with E-state index in [1.807, 2.05) is 0 Å². The number of fused-ring (bicyclic) bond motifs is 1. The van der Waals surface area contributed by atoms with E-state index in [9.17, 15) is 13.6 Å². The minimum Gasteiger partial charge on any atom is -0.411 e. The third-order valence-electron chi connectivity index (χ3n) is 1.87. The Bertz CT molecular complexity index is 307. The highest BCUT2D eigenvalue weighted by molar-refractivity contribution is 5.74. The summed E-state index contributed by atoms with van der Waals surface area (Å²) in [6, 6.07) is 0. The van der Waals surface area contributed by atoms with Gasteiger partial charge in [0.1, 0.15) is 18.1 Å². The molecule has 1 atom stereocenters. The lowest BCUT2D eigenvalue weighted by Gasteiger charge is -2.10. The Morgan fingerprint density at radius 2 is 2.31 bits per heavy atom. The van der Waals surface area contributed by atoms with Crippen LogP contribution in [0.15, 0.2) is 23.5 Å². The van der Waals surface area contributed by atoms with E-state index < -0.39 is 12.4 Å². The Morgan fingerprint density at radius 3 is 3.00 bits per heavy atom. The van der Waals surface area contributed by atoms with E-state index in [4.69, 9.17) is 0 Å². The smallest absolute Gasteiger partial charge is 0.411 e. The summed E-state index contributed by atoms with van der Waals surface area (Å²) >= 11 is 0. The van der Waals surface area contributed by atoms with Crippen LogP contribution in [0.2, 0.25) is 0 Å². The molecule has 13 heavy (non-hydrogen) atoms. The Balaban J connectivity index is 2.20. The van der Waals surface area contributed by atoms with Crippen LogP contribution < -0.4 is 0 Å². The van der Waals surface area contributed by atoms with Crippen LogP contribution in [0.5, 0.6) is 0 Å². The summed E-state index contributed by atoms with van der Waals surface area (Å²) in [5.41, 5.74) is 0.426. The van der Waals surface area contributed by atoms with Gasteiger partial charge in [0.2, 0.25) is 0 Å².